The molecule has 1 aromatic carbocycles. The lowest BCUT2D eigenvalue weighted by atomic mass is 10.0. The third kappa shape index (κ3) is 1.63. The minimum absolute atomic E-state index is 0.223. The van der Waals surface area contributed by atoms with Crippen molar-refractivity contribution in [3.05, 3.63) is 29.8 Å². The van der Waals surface area contributed by atoms with E-state index in [0.29, 0.717) is 11.8 Å². The Balaban J connectivity index is 2.24. The highest BCUT2D eigenvalue weighted by Gasteiger charge is 2.57. The molecular weight excluding hydrogens is 188 g/mol. The molecule has 2 nitrogen and oxygen atoms in total. The van der Waals surface area contributed by atoms with E-state index in [2.05, 4.69) is 26.0 Å². The van der Waals surface area contributed by atoms with Gasteiger partial charge in [0.1, 0.15) is 5.75 Å². The molecule has 2 heteroatoms. The van der Waals surface area contributed by atoms with Crippen LogP contribution in [-0.2, 0) is 0 Å². The lowest BCUT2D eigenvalue weighted by molar-refractivity contribution is 0.256. The van der Waals surface area contributed by atoms with Gasteiger partial charge in [-0.1, -0.05) is 26.0 Å². The number of ether oxygens (including phenoxy) is 1. The zero-order valence-electron chi connectivity index (χ0n) is 9.53. The first kappa shape index (κ1) is 10.5. The van der Waals surface area contributed by atoms with Crippen LogP contribution in [0.1, 0.15) is 25.3 Å². The van der Waals surface area contributed by atoms with Crippen molar-refractivity contribution in [2.24, 2.45) is 11.3 Å². The van der Waals surface area contributed by atoms with Gasteiger partial charge in [0.2, 0.25) is 0 Å². The molecule has 0 unspecified atom stereocenters. The van der Waals surface area contributed by atoms with Gasteiger partial charge in [0.15, 0.2) is 0 Å². The molecule has 1 saturated carbocycles. The van der Waals surface area contributed by atoms with E-state index in [0.717, 1.165) is 5.75 Å². The van der Waals surface area contributed by atoms with E-state index >= 15 is 0 Å². The molecule has 0 heterocycles. The molecule has 82 valence electrons. The Labute approximate surface area is 90.9 Å². The van der Waals surface area contributed by atoms with Crippen LogP contribution in [0.25, 0.3) is 0 Å². The predicted octanol–water partition coefficient (Wildman–Crippen LogP) is 2.43. The third-order valence-electron chi connectivity index (χ3n) is 3.70. The molecule has 1 aromatic rings. The van der Waals surface area contributed by atoms with E-state index in [9.17, 15) is 5.11 Å². The van der Waals surface area contributed by atoms with Gasteiger partial charge < -0.3 is 9.84 Å². The van der Waals surface area contributed by atoms with Crippen LogP contribution in [0.15, 0.2) is 24.3 Å². The van der Waals surface area contributed by atoms with Gasteiger partial charge in [0.25, 0.3) is 0 Å². The summed E-state index contributed by atoms with van der Waals surface area (Å²) in [5, 5.41) is 9.27. The average Bonchev–Trinajstić information content (AvgIpc) is 2.80. The van der Waals surface area contributed by atoms with Crippen molar-refractivity contribution in [1.82, 2.24) is 0 Å². The molecule has 1 fully saturated rings. The molecule has 0 radical (unpaired) electrons. The second-order valence-corrected chi connectivity index (χ2v) is 4.86. The standard InChI is InChI=1S/C13H18O2/c1-13(2)11(8-14)12(13)9-5-4-6-10(7-9)15-3/h4-7,11-12,14H,8H2,1-3H3/t11-,12-/m1/s1. The smallest absolute Gasteiger partial charge is 0.119 e. The fourth-order valence-corrected chi connectivity index (χ4v) is 2.58. The molecule has 15 heavy (non-hydrogen) atoms. The minimum atomic E-state index is 0.223. The molecule has 0 aliphatic heterocycles. The highest BCUT2D eigenvalue weighted by molar-refractivity contribution is 5.37. The molecule has 1 aliphatic carbocycles. The molecule has 2 rings (SSSR count). The van der Waals surface area contributed by atoms with E-state index in [1.165, 1.54) is 5.56 Å². The zero-order chi connectivity index (χ0) is 11.1. The van der Waals surface area contributed by atoms with Crippen molar-refractivity contribution in [1.29, 1.82) is 0 Å². The van der Waals surface area contributed by atoms with Crippen molar-refractivity contribution in [3.8, 4) is 5.75 Å². The highest BCUT2D eigenvalue weighted by atomic mass is 16.5. The van der Waals surface area contributed by atoms with Gasteiger partial charge in [-0.2, -0.15) is 0 Å². The maximum absolute atomic E-state index is 9.27. The molecule has 2 atom stereocenters. The number of benzene rings is 1. The van der Waals surface area contributed by atoms with Crippen LogP contribution >= 0.6 is 0 Å². The average molecular weight is 206 g/mol. The molecule has 0 spiro atoms. The fraction of sp³-hybridized carbons (Fsp3) is 0.538. The molecule has 0 aromatic heterocycles. The second kappa shape index (κ2) is 3.53. The summed E-state index contributed by atoms with van der Waals surface area (Å²) >= 11 is 0. The maximum Gasteiger partial charge on any atom is 0.119 e. The van der Waals surface area contributed by atoms with Crippen molar-refractivity contribution in [3.63, 3.8) is 0 Å². The van der Waals surface area contributed by atoms with E-state index in [4.69, 9.17) is 4.74 Å². The number of rotatable bonds is 3. The highest BCUT2D eigenvalue weighted by Crippen LogP contribution is 2.64. The van der Waals surface area contributed by atoms with E-state index in [-0.39, 0.29) is 12.0 Å². The van der Waals surface area contributed by atoms with Gasteiger partial charge in [-0.25, -0.2) is 0 Å². The number of hydrogen-bond donors (Lipinski definition) is 1. The second-order valence-electron chi connectivity index (χ2n) is 4.86. The van der Waals surface area contributed by atoms with Gasteiger partial charge in [-0.15, -0.1) is 0 Å². The van der Waals surface area contributed by atoms with Gasteiger partial charge in [-0.3, -0.25) is 0 Å². The SMILES string of the molecule is COc1cccc([C@@H]2[C@@H](CO)C2(C)C)c1. The Morgan fingerprint density at radius 3 is 2.67 bits per heavy atom. The Bertz CT molecular complexity index is 357. The van der Waals surface area contributed by atoms with Crippen molar-refractivity contribution >= 4 is 0 Å². The van der Waals surface area contributed by atoms with Crippen LogP contribution in [0.4, 0.5) is 0 Å². The molecule has 1 aliphatic rings. The van der Waals surface area contributed by atoms with Gasteiger partial charge in [0.05, 0.1) is 7.11 Å². The summed E-state index contributed by atoms with van der Waals surface area (Å²) in [6, 6.07) is 8.15. The van der Waals surface area contributed by atoms with Gasteiger partial charge in [-0.05, 0) is 34.9 Å². The van der Waals surface area contributed by atoms with Crippen LogP contribution in [0, 0.1) is 11.3 Å². The summed E-state index contributed by atoms with van der Waals surface area (Å²) in [7, 11) is 1.68. The summed E-state index contributed by atoms with van der Waals surface area (Å²) in [6.45, 7) is 4.69. The number of methoxy groups -OCH3 is 1. The fourth-order valence-electron chi connectivity index (χ4n) is 2.58. The molecule has 0 bridgehead atoms. The van der Waals surface area contributed by atoms with Crippen LogP contribution in [-0.4, -0.2) is 18.8 Å². The Morgan fingerprint density at radius 1 is 1.40 bits per heavy atom. The van der Waals surface area contributed by atoms with Gasteiger partial charge in [0, 0.05) is 6.61 Å². The van der Waals surface area contributed by atoms with Gasteiger partial charge >= 0.3 is 0 Å². The van der Waals surface area contributed by atoms with Crippen LogP contribution in [0.3, 0.4) is 0 Å². The first-order valence-electron chi connectivity index (χ1n) is 5.36. The molecular formula is C13H18O2. The zero-order valence-corrected chi connectivity index (χ0v) is 9.53. The van der Waals surface area contributed by atoms with Crippen molar-refractivity contribution < 1.29 is 9.84 Å². The normalized spacial score (nSPS) is 27.5. The summed E-state index contributed by atoms with van der Waals surface area (Å²) < 4.78 is 5.21. The van der Waals surface area contributed by atoms with E-state index in [1.54, 1.807) is 7.11 Å². The van der Waals surface area contributed by atoms with Crippen LogP contribution < -0.4 is 4.74 Å². The third-order valence-corrected chi connectivity index (χ3v) is 3.70. The number of hydrogen-bond acceptors (Lipinski definition) is 2. The summed E-state index contributed by atoms with van der Waals surface area (Å²) in [5.74, 6) is 1.76. The Kier molecular flexibility index (Phi) is 2.47. The minimum Gasteiger partial charge on any atom is -0.497 e. The lowest BCUT2D eigenvalue weighted by Gasteiger charge is -2.05. The van der Waals surface area contributed by atoms with Crippen LogP contribution in [0.2, 0.25) is 0 Å². The van der Waals surface area contributed by atoms with Crippen molar-refractivity contribution in [2.45, 2.75) is 19.8 Å². The number of aliphatic hydroxyl groups excluding tert-OH is 1. The summed E-state index contributed by atoms with van der Waals surface area (Å²) in [6.07, 6.45) is 0. The first-order valence-corrected chi connectivity index (χ1v) is 5.36. The van der Waals surface area contributed by atoms with E-state index < -0.39 is 0 Å². The lowest BCUT2D eigenvalue weighted by Crippen LogP contribution is -1.93. The molecule has 1 N–H and O–H groups in total. The monoisotopic (exact) mass is 206 g/mol. The maximum atomic E-state index is 9.27. The van der Waals surface area contributed by atoms with E-state index in [1.807, 2.05) is 12.1 Å². The van der Waals surface area contributed by atoms with Crippen LogP contribution in [0.5, 0.6) is 5.75 Å². The summed E-state index contributed by atoms with van der Waals surface area (Å²) in [5.41, 5.74) is 1.50. The largest absolute Gasteiger partial charge is 0.497 e. The Morgan fingerprint density at radius 2 is 2.13 bits per heavy atom. The quantitative estimate of drug-likeness (QED) is 0.823. The molecule has 0 saturated heterocycles. The molecule has 0 amide bonds. The Hall–Kier alpha value is -1.02. The summed E-state index contributed by atoms with van der Waals surface area (Å²) in [4.78, 5) is 0. The predicted molar refractivity (Wildman–Crippen MR) is 60.1 cm³/mol. The van der Waals surface area contributed by atoms with Crippen molar-refractivity contribution in [2.75, 3.05) is 13.7 Å². The first-order chi connectivity index (χ1) is 7.11. The number of aliphatic hydroxyl groups is 1. The topological polar surface area (TPSA) is 29.5 Å².